The van der Waals surface area contributed by atoms with Crippen molar-refractivity contribution in [1.82, 2.24) is 9.88 Å². The molecule has 0 radical (unpaired) electrons. The van der Waals surface area contributed by atoms with Crippen LogP contribution in [0.1, 0.15) is 15.4 Å². The number of nitrogens with one attached hydrogen (secondary N) is 1. The van der Waals surface area contributed by atoms with Crippen LogP contribution in [-0.4, -0.2) is 57.5 Å². The van der Waals surface area contributed by atoms with E-state index in [1.165, 1.54) is 25.3 Å². The van der Waals surface area contributed by atoms with Crippen molar-refractivity contribution in [3.8, 4) is 5.75 Å². The van der Waals surface area contributed by atoms with Crippen molar-refractivity contribution >= 4 is 38.1 Å². The van der Waals surface area contributed by atoms with Gasteiger partial charge < -0.3 is 14.5 Å². The number of hydrogen-bond acceptors (Lipinski definition) is 7. The Morgan fingerprint density at radius 3 is 2.39 bits per heavy atom. The van der Waals surface area contributed by atoms with Crippen molar-refractivity contribution in [2.75, 3.05) is 42.9 Å². The Morgan fingerprint density at radius 2 is 1.76 bits per heavy atom. The molecule has 1 N–H and O–H groups in total. The SMILES string of the molecule is COc1ccc(S(=O)(=O)Nc2nc(C)c(C(=O)N3CCN(c4ccccc4F)CC3)s2)cc1. The third-order valence-electron chi connectivity index (χ3n) is 5.34. The van der Waals surface area contributed by atoms with Crippen LogP contribution in [0.2, 0.25) is 0 Å². The van der Waals surface area contributed by atoms with Crippen LogP contribution in [0.4, 0.5) is 15.2 Å². The molecule has 0 atom stereocenters. The van der Waals surface area contributed by atoms with E-state index in [-0.39, 0.29) is 21.8 Å². The number of para-hydroxylation sites is 1. The van der Waals surface area contributed by atoms with Crippen molar-refractivity contribution in [3.05, 3.63) is 64.9 Å². The first-order valence-electron chi connectivity index (χ1n) is 10.2. The van der Waals surface area contributed by atoms with Crippen LogP contribution >= 0.6 is 11.3 Å². The summed E-state index contributed by atoms with van der Waals surface area (Å²) in [6.07, 6.45) is 0. The summed E-state index contributed by atoms with van der Waals surface area (Å²) in [7, 11) is -2.36. The summed E-state index contributed by atoms with van der Waals surface area (Å²) in [4.78, 5) is 21.3. The maximum Gasteiger partial charge on any atom is 0.266 e. The van der Waals surface area contributed by atoms with Crippen LogP contribution in [0.5, 0.6) is 5.75 Å². The lowest BCUT2D eigenvalue weighted by molar-refractivity contribution is 0.0750. The van der Waals surface area contributed by atoms with Crippen LogP contribution in [0.15, 0.2) is 53.4 Å². The van der Waals surface area contributed by atoms with Gasteiger partial charge in [0.15, 0.2) is 5.13 Å². The van der Waals surface area contributed by atoms with Crippen molar-refractivity contribution in [3.63, 3.8) is 0 Å². The Morgan fingerprint density at radius 1 is 1.09 bits per heavy atom. The summed E-state index contributed by atoms with van der Waals surface area (Å²) in [6, 6.07) is 12.5. The summed E-state index contributed by atoms with van der Waals surface area (Å²) < 4.78 is 46.9. The quantitative estimate of drug-likeness (QED) is 0.570. The van der Waals surface area contributed by atoms with Crippen molar-refractivity contribution in [2.24, 2.45) is 0 Å². The second-order valence-corrected chi connectivity index (χ2v) is 10.1. The number of anilines is 2. The molecule has 11 heteroatoms. The lowest BCUT2D eigenvalue weighted by atomic mass is 10.2. The zero-order valence-electron chi connectivity index (χ0n) is 18.1. The fourth-order valence-electron chi connectivity index (χ4n) is 3.57. The number of benzene rings is 2. The van der Waals surface area contributed by atoms with Crippen LogP contribution < -0.4 is 14.4 Å². The van der Waals surface area contributed by atoms with Gasteiger partial charge in [0.05, 0.1) is 23.4 Å². The van der Waals surface area contributed by atoms with E-state index in [0.717, 1.165) is 11.3 Å². The van der Waals surface area contributed by atoms with E-state index in [1.807, 2.05) is 4.90 Å². The Hall–Kier alpha value is -3.18. The fourth-order valence-corrected chi connectivity index (χ4v) is 5.74. The van der Waals surface area contributed by atoms with Gasteiger partial charge in [-0.05, 0) is 43.3 Å². The second kappa shape index (κ2) is 9.36. The second-order valence-electron chi connectivity index (χ2n) is 7.45. The number of carbonyl (C=O) groups is 1. The smallest absolute Gasteiger partial charge is 0.266 e. The monoisotopic (exact) mass is 490 g/mol. The molecule has 3 aromatic rings. The van der Waals surface area contributed by atoms with Crippen LogP contribution in [0.3, 0.4) is 0 Å². The van der Waals surface area contributed by atoms with E-state index in [1.54, 1.807) is 42.2 Å². The molecule has 0 unspecified atom stereocenters. The van der Waals surface area contributed by atoms with E-state index in [9.17, 15) is 17.6 Å². The first kappa shape index (κ1) is 23.0. The van der Waals surface area contributed by atoms with Gasteiger partial charge in [0, 0.05) is 26.2 Å². The van der Waals surface area contributed by atoms with Gasteiger partial charge in [-0.1, -0.05) is 23.5 Å². The molecule has 1 fully saturated rings. The minimum atomic E-state index is -3.86. The molecule has 1 aromatic heterocycles. The number of sulfonamides is 1. The number of nitrogens with zero attached hydrogens (tertiary/aromatic N) is 3. The molecule has 1 saturated heterocycles. The molecule has 8 nitrogen and oxygen atoms in total. The number of halogens is 1. The van der Waals surface area contributed by atoms with Gasteiger partial charge in [0.1, 0.15) is 16.4 Å². The minimum Gasteiger partial charge on any atom is -0.497 e. The lowest BCUT2D eigenvalue weighted by Gasteiger charge is -2.36. The average Bonchev–Trinajstić information content (AvgIpc) is 3.18. The molecule has 2 aromatic carbocycles. The molecule has 174 valence electrons. The maximum absolute atomic E-state index is 14.1. The zero-order valence-corrected chi connectivity index (χ0v) is 19.7. The molecule has 2 heterocycles. The predicted octanol–water partition coefficient (Wildman–Crippen LogP) is 3.36. The molecule has 0 saturated carbocycles. The number of ether oxygens (including phenoxy) is 1. The average molecular weight is 491 g/mol. The molecule has 0 spiro atoms. The standard InChI is InChI=1S/C22H23FN4O4S2/c1-15-20(21(28)27-13-11-26(12-14-27)19-6-4-3-5-18(19)23)32-22(24-15)25-33(29,30)17-9-7-16(31-2)8-10-17/h3-10H,11-14H2,1-2H3,(H,24,25). The first-order chi connectivity index (χ1) is 15.8. The maximum atomic E-state index is 14.1. The van der Waals surface area contributed by atoms with Gasteiger partial charge >= 0.3 is 0 Å². The van der Waals surface area contributed by atoms with E-state index in [4.69, 9.17) is 4.74 Å². The Labute approximate surface area is 195 Å². The number of carbonyl (C=O) groups excluding carboxylic acids is 1. The Balaban J connectivity index is 1.44. The summed E-state index contributed by atoms with van der Waals surface area (Å²) in [5, 5.41) is 0.122. The van der Waals surface area contributed by atoms with Gasteiger partial charge in [-0.15, -0.1) is 0 Å². The lowest BCUT2D eigenvalue weighted by Crippen LogP contribution is -2.49. The number of amides is 1. The van der Waals surface area contributed by atoms with Gasteiger partial charge in [0.2, 0.25) is 0 Å². The number of methoxy groups -OCH3 is 1. The topological polar surface area (TPSA) is 91.8 Å². The van der Waals surface area contributed by atoms with E-state index in [0.29, 0.717) is 48.2 Å². The van der Waals surface area contributed by atoms with E-state index >= 15 is 0 Å². The molecule has 1 aliphatic rings. The van der Waals surface area contributed by atoms with Crippen LogP contribution in [0.25, 0.3) is 0 Å². The summed E-state index contributed by atoms with van der Waals surface area (Å²) in [6.45, 7) is 3.53. The molecule has 33 heavy (non-hydrogen) atoms. The summed E-state index contributed by atoms with van der Waals surface area (Å²) in [5.41, 5.74) is 0.975. The number of thiazole rings is 1. The Kier molecular flexibility index (Phi) is 6.52. The number of piperazine rings is 1. The third-order valence-corrected chi connectivity index (χ3v) is 7.89. The third kappa shape index (κ3) is 4.93. The molecular weight excluding hydrogens is 467 g/mol. The number of aromatic nitrogens is 1. The normalized spacial score (nSPS) is 14.3. The Bertz CT molecular complexity index is 1250. The molecule has 1 amide bonds. The predicted molar refractivity (Wildman–Crippen MR) is 125 cm³/mol. The highest BCUT2D eigenvalue weighted by Gasteiger charge is 2.27. The molecule has 0 aliphatic carbocycles. The largest absolute Gasteiger partial charge is 0.497 e. The fraction of sp³-hybridized carbons (Fsp3) is 0.273. The van der Waals surface area contributed by atoms with E-state index in [2.05, 4.69) is 9.71 Å². The highest BCUT2D eigenvalue weighted by molar-refractivity contribution is 7.93. The van der Waals surface area contributed by atoms with Crippen molar-refractivity contribution < 1.29 is 22.3 Å². The first-order valence-corrected chi connectivity index (χ1v) is 12.5. The number of aryl methyl sites for hydroxylation is 1. The summed E-state index contributed by atoms with van der Waals surface area (Å²) in [5.74, 6) is 0.0412. The highest BCUT2D eigenvalue weighted by Crippen LogP contribution is 2.28. The highest BCUT2D eigenvalue weighted by atomic mass is 32.2. The molecule has 4 rings (SSSR count). The van der Waals surface area contributed by atoms with Crippen LogP contribution in [-0.2, 0) is 10.0 Å². The minimum absolute atomic E-state index is 0.0632. The molecule has 1 aliphatic heterocycles. The molecule has 0 bridgehead atoms. The van der Waals surface area contributed by atoms with Gasteiger partial charge in [-0.3, -0.25) is 9.52 Å². The summed E-state index contributed by atoms with van der Waals surface area (Å²) >= 11 is 0.999. The van der Waals surface area contributed by atoms with Gasteiger partial charge in [0.25, 0.3) is 15.9 Å². The van der Waals surface area contributed by atoms with E-state index < -0.39 is 10.0 Å². The van der Waals surface area contributed by atoms with Crippen molar-refractivity contribution in [2.45, 2.75) is 11.8 Å². The van der Waals surface area contributed by atoms with Gasteiger partial charge in [-0.2, -0.15) is 0 Å². The van der Waals surface area contributed by atoms with Crippen molar-refractivity contribution in [1.29, 1.82) is 0 Å². The van der Waals surface area contributed by atoms with Gasteiger partial charge in [-0.25, -0.2) is 17.8 Å². The number of rotatable bonds is 6. The number of hydrogen-bond donors (Lipinski definition) is 1. The van der Waals surface area contributed by atoms with Crippen LogP contribution in [0, 0.1) is 12.7 Å². The zero-order chi connectivity index (χ0) is 23.6. The molecular formula is C22H23FN4O4S2.